The lowest BCUT2D eigenvalue weighted by molar-refractivity contribution is -0.117. The van der Waals surface area contributed by atoms with Crippen LogP contribution >= 0.6 is 11.5 Å². The Labute approximate surface area is 127 Å². The minimum atomic E-state index is -1.06. The van der Waals surface area contributed by atoms with Crippen LogP contribution in [0.2, 0.25) is 0 Å². The molecule has 5 nitrogen and oxygen atoms in total. The van der Waals surface area contributed by atoms with Gasteiger partial charge in [-0.05, 0) is 36.5 Å². The first-order chi connectivity index (χ1) is 9.91. The number of amides is 1. The van der Waals surface area contributed by atoms with E-state index in [2.05, 4.69) is 4.37 Å². The molecule has 6 heteroatoms. The van der Waals surface area contributed by atoms with Gasteiger partial charge in [0.2, 0.25) is 5.91 Å². The number of hydrogen-bond donors (Lipinski definition) is 1. The van der Waals surface area contributed by atoms with Crippen molar-refractivity contribution in [2.45, 2.75) is 20.3 Å². The topological polar surface area (TPSA) is 70.5 Å². The summed E-state index contributed by atoms with van der Waals surface area (Å²) < 4.78 is 4.03. The maximum atomic E-state index is 12.4. The molecule has 1 aromatic heterocycles. The molecular formula is C15H16N2O3S. The molecule has 0 aliphatic heterocycles. The number of aromatic carboxylic acids is 1. The van der Waals surface area contributed by atoms with E-state index in [0.717, 1.165) is 22.7 Å². The van der Waals surface area contributed by atoms with Crippen LogP contribution in [-0.2, 0) is 11.2 Å². The van der Waals surface area contributed by atoms with Gasteiger partial charge in [-0.15, -0.1) is 0 Å². The van der Waals surface area contributed by atoms with E-state index in [1.807, 2.05) is 31.2 Å². The molecule has 1 aromatic carbocycles. The van der Waals surface area contributed by atoms with Crippen LogP contribution in [0, 0.1) is 13.8 Å². The highest BCUT2D eigenvalue weighted by Crippen LogP contribution is 2.28. The monoisotopic (exact) mass is 304 g/mol. The predicted octanol–water partition coefficient (Wildman–Crippen LogP) is 2.66. The van der Waals surface area contributed by atoms with Gasteiger partial charge in [0.25, 0.3) is 0 Å². The average Bonchev–Trinajstić information content (AvgIpc) is 2.82. The van der Waals surface area contributed by atoms with Crippen LogP contribution in [0.1, 0.15) is 27.2 Å². The number of rotatable bonds is 4. The van der Waals surface area contributed by atoms with Gasteiger partial charge in [-0.2, -0.15) is 4.37 Å². The Bertz CT molecular complexity index is 694. The minimum absolute atomic E-state index is 0.0978. The van der Waals surface area contributed by atoms with E-state index >= 15 is 0 Å². The summed E-state index contributed by atoms with van der Waals surface area (Å²) in [6.45, 7) is 3.57. The Balaban J connectivity index is 2.24. The highest BCUT2D eigenvalue weighted by molar-refractivity contribution is 7.11. The molecule has 0 atom stereocenters. The van der Waals surface area contributed by atoms with E-state index in [-0.39, 0.29) is 17.9 Å². The van der Waals surface area contributed by atoms with Gasteiger partial charge in [0, 0.05) is 7.05 Å². The molecule has 21 heavy (non-hydrogen) atoms. The molecule has 0 saturated carbocycles. The Hall–Kier alpha value is -2.21. The smallest absolute Gasteiger partial charge is 0.340 e. The molecule has 0 unspecified atom stereocenters. The van der Waals surface area contributed by atoms with Gasteiger partial charge >= 0.3 is 5.97 Å². The minimum Gasteiger partial charge on any atom is -0.478 e. The highest BCUT2D eigenvalue weighted by Gasteiger charge is 2.24. The standard InChI is InChI=1S/C15H16N2O3S/c1-9-6-4-5-7-11(9)8-12(18)17(3)14-13(15(19)20)10(2)16-21-14/h4-7H,8H2,1-3H3,(H,19,20). The van der Waals surface area contributed by atoms with E-state index in [1.54, 1.807) is 14.0 Å². The fourth-order valence-electron chi connectivity index (χ4n) is 2.04. The van der Waals surface area contributed by atoms with E-state index < -0.39 is 5.97 Å². The number of hydrogen-bond acceptors (Lipinski definition) is 4. The van der Waals surface area contributed by atoms with Gasteiger partial charge in [0.05, 0.1) is 12.1 Å². The number of aromatic nitrogens is 1. The molecule has 2 aromatic rings. The van der Waals surface area contributed by atoms with E-state index in [4.69, 9.17) is 0 Å². The lowest BCUT2D eigenvalue weighted by Gasteiger charge is -2.16. The van der Waals surface area contributed by atoms with E-state index in [1.165, 1.54) is 4.90 Å². The second-order valence-corrected chi connectivity index (χ2v) is 5.56. The molecule has 2 rings (SSSR count). The molecule has 0 radical (unpaired) electrons. The first kappa shape index (κ1) is 15.2. The van der Waals surface area contributed by atoms with Crippen LogP contribution in [-0.4, -0.2) is 28.4 Å². The summed E-state index contributed by atoms with van der Waals surface area (Å²) in [5.41, 5.74) is 2.50. The van der Waals surface area contributed by atoms with Crippen molar-refractivity contribution < 1.29 is 14.7 Å². The Kier molecular flexibility index (Phi) is 4.37. The SMILES string of the molecule is Cc1ccccc1CC(=O)N(C)c1snc(C)c1C(=O)O. The third-order valence-electron chi connectivity index (χ3n) is 3.34. The normalized spacial score (nSPS) is 10.4. The van der Waals surface area contributed by atoms with Gasteiger partial charge in [-0.1, -0.05) is 24.3 Å². The van der Waals surface area contributed by atoms with Crippen molar-refractivity contribution in [2.24, 2.45) is 0 Å². The molecule has 0 spiro atoms. The zero-order valence-corrected chi connectivity index (χ0v) is 12.9. The second kappa shape index (κ2) is 6.05. The Morgan fingerprint density at radius 2 is 1.95 bits per heavy atom. The molecule has 110 valence electrons. The summed E-state index contributed by atoms with van der Waals surface area (Å²) in [7, 11) is 1.58. The lowest BCUT2D eigenvalue weighted by Crippen LogP contribution is -2.28. The van der Waals surface area contributed by atoms with Crippen LogP contribution in [0.3, 0.4) is 0 Å². The van der Waals surface area contributed by atoms with Crippen molar-refractivity contribution >= 4 is 28.4 Å². The van der Waals surface area contributed by atoms with Crippen molar-refractivity contribution in [2.75, 3.05) is 11.9 Å². The number of anilines is 1. The number of carbonyl (C=O) groups is 2. The van der Waals surface area contributed by atoms with Crippen LogP contribution in [0.5, 0.6) is 0 Å². The number of aryl methyl sites for hydroxylation is 2. The lowest BCUT2D eigenvalue weighted by atomic mass is 10.1. The largest absolute Gasteiger partial charge is 0.478 e. The van der Waals surface area contributed by atoms with Crippen molar-refractivity contribution in [1.82, 2.24) is 4.37 Å². The number of carboxylic acid groups (broad SMARTS) is 1. The Morgan fingerprint density at radius 1 is 1.29 bits per heavy atom. The van der Waals surface area contributed by atoms with Gasteiger partial charge in [0.15, 0.2) is 0 Å². The number of benzene rings is 1. The highest BCUT2D eigenvalue weighted by atomic mass is 32.1. The van der Waals surface area contributed by atoms with Crippen molar-refractivity contribution in [1.29, 1.82) is 0 Å². The van der Waals surface area contributed by atoms with Crippen LogP contribution in [0.15, 0.2) is 24.3 Å². The molecule has 0 fully saturated rings. The number of nitrogens with zero attached hydrogens (tertiary/aromatic N) is 2. The molecule has 0 aliphatic rings. The van der Waals surface area contributed by atoms with Gasteiger partial charge < -0.3 is 10.0 Å². The molecule has 1 N–H and O–H groups in total. The summed E-state index contributed by atoms with van der Waals surface area (Å²) in [6.07, 6.45) is 0.235. The quantitative estimate of drug-likeness (QED) is 0.942. The molecule has 0 bridgehead atoms. The van der Waals surface area contributed by atoms with Gasteiger partial charge in [-0.3, -0.25) is 4.79 Å². The van der Waals surface area contributed by atoms with Crippen LogP contribution < -0.4 is 4.90 Å². The van der Waals surface area contributed by atoms with Crippen LogP contribution in [0.4, 0.5) is 5.00 Å². The zero-order chi connectivity index (χ0) is 15.6. The Morgan fingerprint density at radius 3 is 2.57 bits per heavy atom. The van der Waals surface area contributed by atoms with Crippen molar-refractivity contribution in [3.63, 3.8) is 0 Å². The molecule has 0 aliphatic carbocycles. The van der Waals surface area contributed by atoms with Crippen molar-refractivity contribution in [3.05, 3.63) is 46.6 Å². The first-order valence-electron chi connectivity index (χ1n) is 6.42. The summed E-state index contributed by atoms with van der Waals surface area (Å²) in [6, 6.07) is 7.65. The number of carbonyl (C=O) groups excluding carboxylic acids is 1. The van der Waals surface area contributed by atoms with E-state index in [0.29, 0.717) is 10.7 Å². The number of carboxylic acids is 1. The van der Waals surface area contributed by atoms with Gasteiger partial charge in [-0.25, -0.2) is 4.79 Å². The van der Waals surface area contributed by atoms with Gasteiger partial charge in [0.1, 0.15) is 10.6 Å². The fourth-order valence-corrected chi connectivity index (χ4v) is 2.90. The zero-order valence-electron chi connectivity index (χ0n) is 12.1. The summed E-state index contributed by atoms with van der Waals surface area (Å²) >= 11 is 1.03. The average molecular weight is 304 g/mol. The third-order valence-corrected chi connectivity index (χ3v) is 4.36. The summed E-state index contributed by atoms with van der Waals surface area (Å²) in [4.78, 5) is 25.0. The first-order valence-corrected chi connectivity index (χ1v) is 7.19. The molecule has 0 saturated heterocycles. The maximum absolute atomic E-state index is 12.4. The molecular weight excluding hydrogens is 288 g/mol. The fraction of sp³-hybridized carbons (Fsp3) is 0.267. The molecule has 1 heterocycles. The van der Waals surface area contributed by atoms with Crippen LogP contribution in [0.25, 0.3) is 0 Å². The van der Waals surface area contributed by atoms with E-state index in [9.17, 15) is 14.7 Å². The van der Waals surface area contributed by atoms with Crippen molar-refractivity contribution in [3.8, 4) is 0 Å². The second-order valence-electron chi connectivity index (χ2n) is 4.81. The maximum Gasteiger partial charge on any atom is 0.340 e. The summed E-state index contributed by atoms with van der Waals surface area (Å²) in [5, 5.41) is 9.60. The predicted molar refractivity (Wildman–Crippen MR) is 82.1 cm³/mol. The molecule has 1 amide bonds. The number of likely N-dealkylation sites (N-methyl/N-ethyl adjacent to an activating group) is 1. The summed E-state index contributed by atoms with van der Waals surface area (Å²) in [5.74, 6) is -1.22. The third kappa shape index (κ3) is 3.11.